The minimum atomic E-state index is 0.0436. The maximum absolute atomic E-state index is 5.92. The summed E-state index contributed by atoms with van der Waals surface area (Å²) in [5.41, 5.74) is 6.49. The minimum Gasteiger partial charge on any atom is -0.370 e. The minimum absolute atomic E-state index is 0.0436. The predicted molar refractivity (Wildman–Crippen MR) is 58.3 cm³/mol. The summed E-state index contributed by atoms with van der Waals surface area (Å²) in [5, 5.41) is 0. The highest BCUT2D eigenvalue weighted by molar-refractivity contribution is 4.96. The van der Waals surface area contributed by atoms with Crippen LogP contribution in [0.4, 0.5) is 0 Å². The summed E-state index contributed by atoms with van der Waals surface area (Å²) >= 11 is 0. The van der Waals surface area contributed by atoms with Crippen LogP contribution in [-0.4, -0.2) is 21.3 Å². The van der Waals surface area contributed by atoms with Crippen molar-refractivity contribution in [2.24, 2.45) is 5.73 Å². The molecule has 84 valence electrons. The molecule has 0 aliphatic carbocycles. The van der Waals surface area contributed by atoms with Crippen LogP contribution in [0, 0.1) is 0 Å². The Kier molecular flexibility index (Phi) is 2.80. The molecular formula is C11H19N3O. The molecule has 0 saturated carbocycles. The third kappa shape index (κ3) is 2.58. The molecule has 2 rings (SSSR count). The molecule has 0 radical (unpaired) electrons. The number of ether oxygens (including phenoxy) is 1. The van der Waals surface area contributed by atoms with Gasteiger partial charge in [0.15, 0.2) is 0 Å². The molecule has 1 atom stereocenters. The van der Waals surface area contributed by atoms with Crippen molar-refractivity contribution in [3.8, 4) is 0 Å². The number of nitrogens with zero attached hydrogens (tertiary/aromatic N) is 2. The Morgan fingerprint density at radius 3 is 3.00 bits per heavy atom. The van der Waals surface area contributed by atoms with E-state index in [1.807, 2.05) is 12.5 Å². The second-order valence-electron chi connectivity index (χ2n) is 4.80. The second-order valence-corrected chi connectivity index (χ2v) is 4.80. The number of hydrogen-bond donors (Lipinski definition) is 1. The normalized spacial score (nSPS) is 24.6. The van der Waals surface area contributed by atoms with Crippen molar-refractivity contribution in [3.05, 3.63) is 18.2 Å². The van der Waals surface area contributed by atoms with Gasteiger partial charge in [0.25, 0.3) is 0 Å². The molecule has 2 heterocycles. The molecule has 1 aliphatic rings. The van der Waals surface area contributed by atoms with E-state index in [1.165, 1.54) is 0 Å². The third-order valence-electron chi connectivity index (χ3n) is 2.86. The fourth-order valence-electron chi connectivity index (χ4n) is 2.05. The molecule has 1 unspecified atom stereocenters. The van der Waals surface area contributed by atoms with Crippen molar-refractivity contribution in [2.75, 3.05) is 0 Å². The second kappa shape index (κ2) is 3.94. The van der Waals surface area contributed by atoms with Crippen LogP contribution in [-0.2, 0) is 17.8 Å². The third-order valence-corrected chi connectivity index (χ3v) is 2.86. The van der Waals surface area contributed by atoms with Crippen molar-refractivity contribution >= 4 is 0 Å². The fraction of sp³-hybridized carbons (Fsp3) is 0.727. The van der Waals surface area contributed by atoms with Gasteiger partial charge < -0.3 is 15.0 Å². The van der Waals surface area contributed by atoms with Gasteiger partial charge >= 0.3 is 0 Å². The summed E-state index contributed by atoms with van der Waals surface area (Å²) in [5.74, 6) is 0. The van der Waals surface area contributed by atoms with E-state index in [4.69, 9.17) is 10.5 Å². The summed E-state index contributed by atoms with van der Waals surface area (Å²) in [6, 6.07) is 0. The predicted octanol–water partition coefficient (Wildman–Crippen LogP) is 1.30. The highest BCUT2D eigenvalue weighted by Crippen LogP contribution is 2.29. The average Bonchev–Trinajstić information content (AvgIpc) is 2.73. The van der Waals surface area contributed by atoms with Gasteiger partial charge in [0.2, 0.25) is 0 Å². The van der Waals surface area contributed by atoms with Crippen LogP contribution in [0.1, 0.15) is 32.4 Å². The number of rotatable bonds is 3. The molecule has 15 heavy (non-hydrogen) atoms. The van der Waals surface area contributed by atoms with Crippen molar-refractivity contribution < 1.29 is 4.74 Å². The lowest BCUT2D eigenvalue weighted by Gasteiger charge is -2.19. The monoisotopic (exact) mass is 209 g/mol. The molecule has 1 aliphatic heterocycles. The van der Waals surface area contributed by atoms with Crippen molar-refractivity contribution in [1.29, 1.82) is 0 Å². The van der Waals surface area contributed by atoms with Gasteiger partial charge in [-0.05, 0) is 26.7 Å². The first-order valence-electron chi connectivity index (χ1n) is 5.47. The highest BCUT2D eigenvalue weighted by Gasteiger charge is 2.31. The van der Waals surface area contributed by atoms with Gasteiger partial charge in [0.1, 0.15) is 0 Å². The molecule has 1 fully saturated rings. The van der Waals surface area contributed by atoms with Crippen LogP contribution < -0.4 is 5.73 Å². The fourth-order valence-corrected chi connectivity index (χ4v) is 2.05. The van der Waals surface area contributed by atoms with Crippen LogP contribution in [0.5, 0.6) is 0 Å². The van der Waals surface area contributed by atoms with E-state index >= 15 is 0 Å². The van der Waals surface area contributed by atoms with E-state index in [0.29, 0.717) is 12.6 Å². The maximum Gasteiger partial charge on any atom is 0.0950 e. The zero-order valence-corrected chi connectivity index (χ0v) is 9.44. The molecule has 0 spiro atoms. The van der Waals surface area contributed by atoms with Gasteiger partial charge in [-0.3, -0.25) is 0 Å². The zero-order valence-electron chi connectivity index (χ0n) is 9.44. The number of nitrogens with two attached hydrogens (primary N) is 1. The quantitative estimate of drug-likeness (QED) is 0.816. The summed E-state index contributed by atoms with van der Waals surface area (Å²) in [6.45, 7) is 5.68. The van der Waals surface area contributed by atoms with Crippen LogP contribution in [0.3, 0.4) is 0 Å². The molecule has 2 N–H and O–H groups in total. The lowest BCUT2D eigenvalue weighted by atomic mass is 10.1. The largest absolute Gasteiger partial charge is 0.370 e. The molecule has 1 saturated heterocycles. The van der Waals surface area contributed by atoms with E-state index in [-0.39, 0.29) is 5.60 Å². The summed E-state index contributed by atoms with van der Waals surface area (Å²) in [7, 11) is 0. The molecule has 0 bridgehead atoms. The van der Waals surface area contributed by atoms with E-state index < -0.39 is 0 Å². The maximum atomic E-state index is 5.92. The highest BCUT2D eigenvalue weighted by atomic mass is 16.5. The molecule has 1 aromatic heterocycles. The van der Waals surface area contributed by atoms with Gasteiger partial charge in [-0.1, -0.05) is 0 Å². The first kappa shape index (κ1) is 10.6. The van der Waals surface area contributed by atoms with Gasteiger partial charge in [-0.15, -0.1) is 0 Å². The molecule has 4 nitrogen and oxygen atoms in total. The Bertz CT molecular complexity index is 332. The molecule has 0 aromatic carbocycles. The molecule has 1 aromatic rings. The first-order valence-corrected chi connectivity index (χ1v) is 5.47. The summed E-state index contributed by atoms with van der Waals surface area (Å²) < 4.78 is 7.98. The van der Waals surface area contributed by atoms with E-state index in [0.717, 1.165) is 25.1 Å². The van der Waals surface area contributed by atoms with Crippen LogP contribution >= 0.6 is 0 Å². The Labute approximate surface area is 90.4 Å². The summed E-state index contributed by atoms with van der Waals surface area (Å²) in [6.07, 6.45) is 6.41. The molecule has 0 amide bonds. The van der Waals surface area contributed by atoms with E-state index in [9.17, 15) is 0 Å². The van der Waals surface area contributed by atoms with E-state index in [2.05, 4.69) is 23.4 Å². The van der Waals surface area contributed by atoms with Gasteiger partial charge in [-0.25, -0.2) is 4.98 Å². The topological polar surface area (TPSA) is 53.1 Å². The van der Waals surface area contributed by atoms with Gasteiger partial charge in [0, 0.05) is 19.3 Å². The van der Waals surface area contributed by atoms with E-state index in [1.54, 1.807) is 0 Å². The summed E-state index contributed by atoms with van der Waals surface area (Å²) in [4.78, 5) is 4.20. The SMILES string of the molecule is CC1(C)CCC(Cn2cnc(CN)c2)O1. The average molecular weight is 209 g/mol. The standard InChI is InChI=1S/C11H19N3O/c1-11(2)4-3-10(15-11)7-14-6-9(5-12)13-8-14/h6,8,10H,3-5,7,12H2,1-2H3. The molecule has 4 heteroatoms. The Balaban J connectivity index is 1.92. The van der Waals surface area contributed by atoms with Gasteiger partial charge in [0.05, 0.1) is 23.7 Å². The van der Waals surface area contributed by atoms with Crippen molar-refractivity contribution in [3.63, 3.8) is 0 Å². The number of imidazole rings is 1. The smallest absolute Gasteiger partial charge is 0.0950 e. The van der Waals surface area contributed by atoms with Crippen molar-refractivity contribution in [1.82, 2.24) is 9.55 Å². The Hall–Kier alpha value is -0.870. The Morgan fingerprint density at radius 1 is 1.67 bits per heavy atom. The Morgan fingerprint density at radius 2 is 2.47 bits per heavy atom. The van der Waals surface area contributed by atoms with Crippen molar-refractivity contribution in [2.45, 2.75) is 51.5 Å². The van der Waals surface area contributed by atoms with Gasteiger partial charge in [-0.2, -0.15) is 0 Å². The lowest BCUT2D eigenvalue weighted by molar-refractivity contribution is -0.0217. The van der Waals surface area contributed by atoms with Crippen LogP contribution in [0.25, 0.3) is 0 Å². The van der Waals surface area contributed by atoms with Crippen LogP contribution in [0.2, 0.25) is 0 Å². The zero-order chi connectivity index (χ0) is 10.9. The molecular weight excluding hydrogens is 190 g/mol. The lowest BCUT2D eigenvalue weighted by Crippen LogP contribution is -2.22. The number of aromatic nitrogens is 2. The first-order chi connectivity index (χ1) is 7.09. The van der Waals surface area contributed by atoms with Crippen LogP contribution in [0.15, 0.2) is 12.5 Å². The number of hydrogen-bond acceptors (Lipinski definition) is 3.